The number of nitrogens with zero attached hydrogens (tertiary/aromatic N) is 1. The van der Waals surface area contributed by atoms with Gasteiger partial charge in [-0.05, 0) is 75.3 Å². The van der Waals surface area contributed by atoms with Gasteiger partial charge >= 0.3 is 0 Å². The Kier molecular flexibility index (Phi) is 4.81. The quantitative estimate of drug-likeness (QED) is 0.844. The number of hydrogen-bond donors (Lipinski definition) is 1. The van der Waals surface area contributed by atoms with Crippen LogP contribution in [-0.2, 0) is 6.42 Å². The summed E-state index contributed by atoms with van der Waals surface area (Å²) < 4.78 is 5.89. The van der Waals surface area contributed by atoms with Gasteiger partial charge in [0, 0.05) is 12.6 Å². The minimum atomic E-state index is -0.278. The van der Waals surface area contributed by atoms with E-state index in [1.54, 1.807) is 0 Å². The van der Waals surface area contributed by atoms with Gasteiger partial charge < -0.3 is 14.7 Å². The van der Waals surface area contributed by atoms with Crippen molar-refractivity contribution in [2.24, 2.45) is 0 Å². The summed E-state index contributed by atoms with van der Waals surface area (Å²) in [5.41, 5.74) is 2.36. The molecule has 1 aromatic carbocycles. The van der Waals surface area contributed by atoms with Crippen LogP contribution in [0.1, 0.15) is 56.3 Å². The average molecular weight is 289 g/mol. The van der Waals surface area contributed by atoms with Crippen molar-refractivity contribution in [3.63, 3.8) is 0 Å². The molecule has 3 nitrogen and oxygen atoms in total. The van der Waals surface area contributed by atoms with Crippen LogP contribution >= 0.6 is 0 Å². The molecule has 2 atom stereocenters. The zero-order chi connectivity index (χ0) is 14.7. The van der Waals surface area contributed by atoms with E-state index in [-0.39, 0.29) is 6.10 Å². The summed E-state index contributed by atoms with van der Waals surface area (Å²) in [6, 6.07) is 6.91. The molecule has 1 aliphatic heterocycles. The fourth-order valence-electron chi connectivity index (χ4n) is 3.64. The number of hydrogen-bond acceptors (Lipinski definition) is 3. The number of likely N-dealkylation sites (tertiary alicyclic amines) is 1. The minimum Gasteiger partial charge on any atom is -0.494 e. The van der Waals surface area contributed by atoms with Crippen LogP contribution in [0.4, 0.5) is 0 Å². The average Bonchev–Trinajstić information content (AvgIpc) is 2.89. The summed E-state index contributed by atoms with van der Waals surface area (Å²) in [6.45, 7) is 5.50. The van der Waals surface area contributed by atoms with Crippen LogP contribution < -0.4 is 4.74 Å². The molecular formula is C18H27NO2. The Morgan fingerprint density at radius 2 is 2.19 bits per heavy atom. The summed E-state index contributed by atoms with van der Waals surface area (Å²) in [7, 11) is 0. The van der Waals surface area contributed by atoms with Gasteiger partial charge in [0.05, 0.1) is 12.7 Å². The lowest BCUT2D eigenvalue weighted by Gasteiger charge is -2.22. The summed E-state index contributed by atoms with van der Waals surface area (Å²) in [5, 5.41) is 9.97. The van der Waals surface area contributed by atoms with E-state index in [0.29, 0.717) is 0 Å². The molecule has 21 heavy (non-hydrogen) atoms. The van der Waals surface area contributed by atoms with Crippen LogP contribution in [0.5, 0.6) is 5.75 Å². The maximum atomic E-state index is 9.97. The molecule has 1 unspecified atom stereocenters. The molecule has 116 valence electrons. The van der Waals surface area contributed by atoms with E-state index in [1.807, 2.05) is 12.1 Å². The normalized spacial score (nSPS) is 25.8. The maximum Gasteiger partial charge on any atom is 0.119 e. The van der Waals surface area contributed by atoms with Gasteiger partial charge in [-0.3, -0.25) is 0 Å². The van der Waals surface area contributed by atoms with Gasteiger partial charge in [-0.2, -0.15) is 0 Å². The fourth-order valence-corrected chi connectivity index (χ4v) is 3.64. The van der Waals surface area contributed by atoms with E-state index in [9.17, 15) is 5.11 Å². The zero-order valence-electron chi connectivity index (χ0n) is 13.1. The lowest BCUT2D eigenvalue weighted by Crippen LogP contribution is -2.28. The van der Waals surface area contributed by atoms with E-state index >= 15 is 0 Å². The smallest absolute Gasteiger partial charge is 0.119 e. The highest BCUT2D eigenvalue weighted by Gasteiger charge is 2.20. The van der Waals surface area contributed by atoms with Gasteiger partial charge in [-0.25, -0.2) is 0 Å². The molecule has 0 bridgehead atoms. The number of ether oxygens (including phenoxy) is 1. The highest BCUT2D eigenvalue weighted by Crippen LogP contribution is 2.31. The molecule has 0 amide bonds. The van der Waals surface area contributed by atoms with Crippen molar-refractivity contribution >= 4 is 0 Å². The van der Waals surface area contributed by atoms with Crippen LogP contribution in [0.25, 0.3) is 0 Å². The Morgan fingerprint density at radius 1 is 1.29 bits per heavy atom. The molecule has 1 heterocycles. The van der Waals surface area contributed by atoms with E-state index in [1.165, 1.54) is 24.9 Å². The second-order valence-corrected chi connectivity index (χ2v) is 6.50. The third-order valence-electron chi connectivity index (χ3n) is 4.95. The first-order chi connectivity index (χ1) is 10.2. The van der Waals surface area contributed by atoms with Crippen molar-refractivity contribution in [2.75, 3.05) is 19.7 Å². The lowest BCUT2D eigenvalue weighted by molar-refractivity contribution is 0.156. The van der Waals surface area contributed by atoms with Crippen molar-refractivity contribution in [2.45, 2.75) is 57.6 Å². The molecule has 0 spiro atoms. The van der Waals surface area contributed by atoms with Crippen molar-refractivity contribution in [1.29, 1.82) is 0 Å². The standard InChI is InChI=1S/C18H27NO2/c1-14-5-3-10-19(14)11-4-12-21-16-8-9-17-15(13-16)6-2-7-18(17)20/h8-9,13-14,18,20H,2-7,10-12H2,1H3/t14-,18?/m1/s1. The number of benzene rings is 1. The molecule has 2 aliphatic rings. The Labute approximate surface area is 127 Å². The first-order valence-electron chi connectivity index (χ1n) is 8.42. The molecular weight excluding hydrogens is 262 g/mol. The van der Waals surface area contributed by atoms with Crippen molar-refractivity contribution in [1.82, 2.24) is 4.90 Å². The topological polar surface area (TPSA) is 32.7 Å². The van der Waals surface area contributed by atoms with Crippen LogP contribution in [0.15, 0.2) is 18.2 Å². The van der Waals surface area contributed by atoms with Gasteiger partial charge in [0.1, 0.15) is 5.75 Å². The van der Waals surface area contributed by atoms with Gasteiger partial charge in [0.15, 0.2) is 0 Å². The molecule has 0 aromatic heterocycles. The van der Waals surface area contributed by atoms with E-state index in [2.05, 4.69) is 17.9 Å². The fraction of sp³-hybridized carbons (Fsp3) is 0.667. The molecule has 1 aliphatic carbocycles. The van der Waals surface area contributed by atoms with Gasteiger partial charge in [0.25, 0.3) is 0 Å². The predicted molar refractivity (Wildman–Crippen MR) is 84.7 cm³/mol. The number of fused-ring (bicyclic) bond motifs is 1. The van der Waals surface area contributed by atoms with Crippen LogP contribution in [0.3, 0.4) is 0 Å². The number of aryl methyl sites for hydroxylation is 1. The molecule has 1 fully saturated rings. The van der Waals surface area contributed by atoms with Crippen molar-refractivity contribution in [3.05, 3.63) is 29.3 Å². The highest BCUT2D eigenvalue weighted by molar-refractivity contribution is 5.38. The van der Waals surface area contributed by atoms with Crippen molar-refractivity contribution < 1.29 is 9.84 Å². The third kappa shape index (κ3) is 3.58. The van der Waals surface area contributed by atoms with Crippen LogP contribution in [-0.4, -0.2) is 35.7 Å². The summed E-state index contributed by atoms with van der Waals surface area (Å²) in [6.07, 6.45) is 6.52. The molecule has 0 saturated carbocycles. The summed E-state index contributed by atoms with van der Waals surface area (Å²) in [4.78, 5) is 2.56. The maximum absolute atomic E-state index is 9.97. The first-order valence-corrected chi connectivity index (χ1v) is 8.42. The van der Waals surface area contributed by atoms with Gasteiger partial charge in [0.2, 0.25) is 0 Å². The van der Waals surface area contributed by atoms with E-state index in [4.69, 9.17) is 4.74 Å². The summed E-state index contributed by atoms with van der Waals surface area (Å²) >= 11 is 0. The second-order valence-electron chi connectivity index (χ2n) is 6.50. The largest absolute Gasteiger partial charge is 0.494 e. The highest BCUT2D eigenvalue weighted by atomic mass is 16.5. The zero-order valence-corrected chi connectivity index (χ0v) is 13.1. The van der Waals surface area contributed by atoms with E-state index in [0.717, 1.165) is 56.2 Å². The number of aliphatic hydroxyl groups excluding tert-OH is 1. The van der Waals surface area contributed by atoms with E-state index < -0.39 is 0 Å². The Morgan fingerprint density at radius 3 is 3.00 bits per heavy atom. The SMILES string of the molecule is C[C@@H]1CCCN1CCCOc1ccc2c(c1)CCCC2O. The van der Waals surface area contributed by atoms with Gasteiger partial charge in [-0.15, -0.1) is 0 Å². The minimum absolute atomic E-state index is 0.278. The number of aliphatic hydroxyl groups is 1. The van der Waals surface area contributed by atoms with Crippen LogP contribution in [0, 0.1) is 0 Å². The molecule has 0 radical (unpaired) electrons. The number of rotatable bonds is 5. The molecule has 3 heteroatoms. The lowest BCUT2D eigenvalue weighted by atomic mass is 9.89. The summed E-state index contributed by atoms with van der Waals surface area (Å²) in [5.74, 6) is 0.956. The van der Waals surface area contributed by atoms with Crippen LogP contribution in [0.2, 0.25) is 0 Å². The third-order valence-corrected chi connectivity index (χ3v) is 4.95. The molecule has 1 saturated heterocycles. The predicted octanol–water partition coefficient (Wildman–Crippen LogP) is 3.31. The Hall–Kier alpha value is -1.06. The Balaban J connectivity index is 1.47. The second kappa shape index (κ2) is 6.80. The first kappa shape index (κ1) is 14.9. The van der Waals surface area contributed by atoms with Crippen molar-refractivity contribution in [3.8, 4) is 5.75 Å². The monoisotopic (exact) mass is 289 g/mol. The molecule has 1 aromatic rings. The molecule has 3 rings (SSSR count). The Bertz CT molecular complexity index is 474. The molecule has 1 N–H and O–H groups in total. The van der Waals surface area contributed by atoms with Gasteiger partial charge in [-0.1, -0.05) is 6.07 Å².